The van der Waals surface area contributed by atoms with E-state index in [4.69, 9.17) is 4.42 Å². The molecule has 0 fully saturated rings. The predicted octanol–water partition coefficient (Wildman–Crippen LogP) is 2.40. The Labute approximate surface area is 95.9 Å². The highest BCUT2D eigenvalue weighted by Gasteiger charge is 2.18. The van der Waals surface area contributed by atoms with Gasteiger partial charge in [-0.2, -0.15) is 0 Å². The monoisotopic (exact) mass is 235 g/mol. The Bertz CT molecular complexity index is 553. The van der Waals surface area contributed by atoms with E-state index in [2.05, 4.69) is 4.98 Å². The molecule has 0 N–H and O–H groups in total. The molecular weight excluding hydrogens is 226 g/mol. The third kappa shape index (κ3) is 1.81. The molecule has 0 bridgehead atoms. The lowest BCUT2D eigenvalue weighted by atomic mass is 10.2. The molecule has 0 spiro atoms. The standard InChI is InChI=1S/C11H9NO3S/c1-6-4-12-11(15-6)10(14)9-3-8(5-13)7(2)16-9/h3-5H,1-2H3. The summed E-state index contributed by atoms with van der Waals surface area (Å²) in [4.78, 5) is 27.7. The van der Waals surface area contributed by atoms with Crippen molar-refractivity contribution in [1.82, 2.24) is 4.98 Å². The zero-order chi connectivity index (χ0) is 11.7. The molecule has 2 aromatic heterocycles. The summed E-state index contributed by atoms with van der Waals surface area (Å²) in [7, 11) is 0. The van der Waals surface area contributed by atoms with Crippen LogP contribution < -0.4 is 0 Å². The molecule has 2 heterocycles. The van der Waals surface area contributed by atoms with Crippen molar-refractivity contribution >= 4 is 23.4 Å². The first kappa shape index (κ1) is 10.8. The van der Waals surface area contributed by atoms with Gasteiger partial charge in [0.25, 0.3) is 11.7 Å². The van der Waals surface area contributed by atoms with Crippen LogP contribution in [0.3, 0.4) is 0 Å². The number of thiophene rings is 1. The first-order chi connectivity index (χ1) is 7.61. The third-order valence-electron chi connectivity index (χ3n) is 2.12. The first-order valence-corrected chi connectivity index (χ1v) is 5.46. The summed E-state index contributed by atoms with van der Waals surface area (Å²) in [6.07, 6.45) is 2.23. The van der Waals surface area contributed by atoms with E-state index in [1.807, 2.05) is 0 Å². The van der Waals surface area contributed by atoms with E-state index in [-0.39, 0.29) is 11.7 Å². The van der Waals surface area contributed by atoms with Crippen molar-refractivity contribution in [1.29, 1.82) is 0 Å². The molecule has 0 unspecified atom stereocenters. The van der Waals surface area contributed by atoms with Crippen molar-refractivity contribution in [2.24, 2.45) is 0 Å². The topological polar surface area (TPSA) is 60.2 Å². The van der Waals surface area contributed by atoms with Crippen LogP contribution in [-0.4, -0.2) is 17.1 Å². The molecule has 4 nitrogen and oxygen atoms in total. The number of aryl methyl sites for hydroxylation is 2. The van der Waals surface area contributed by atoms with E-state index in [9.17, 15) is 9.59 Å². The maximum atomic E-state index is 11.9. The Morgan fingerprint density at radius 2 is 2.25 bits per heavy atom. The largest absolute Gasteiger partial charge is 0.439 e. The molecule has 0 aliphatic carbocycles. The van der Waals surface area contributed by atoms with Gasteiger partial charge >= 0.3 is 0 Å². The van der Waals surface area contributed by atoms with E-state index >= 15 is 0 Å². The molecule has 2 rings (SSSR count). The van der Waals surface area contributed by atoms with Crippen molar-refractivity contribution in [2.45, 2.75) is 13.8 Å². The molecule has 0 radical (unpaired) electrons. The number of aromatic nitrogens is 1. The Hall–Kier alpha value is -1.75. The van der Waals surface area contributed by atoms with Crippen LogP contribution in [0.2, 0.25) is 0 Å². The van der Waals surface area contributed by atoms with Gasteiger partial charge in [0.15, 0.2) is 6.29 Å². The summed E-state index contributed by atoms with van der Waals surface area (Å²) in [6.45, 7) is 3.52. The molecule has 2 aromatic rings. The zero-order valence-corrected chi connectivity index (χ0v) is 9.63. The van der Waals surface area contributed by atoms with Crippen LogP contribution in [0.15, 0.2) is 16.7 Å². The molecular formula is C11H9NO3S. The molecule has 0 atom stereocenters. The van der Waals surface area contributed by atoms with Gasteiger partial charge in [-0.05, 0) is 19.9 Å². The SMILES string of the molecule is Cc1cnc(C(=O)c2cc(C=O)c(C)s2)o1. The summed E-state index contributed by atoms with van der Waals surface area (Å²) in [5.74, 6) is 0.373. The Morgan fingerprint density at radius 3 is 2.75 bits per heavy atom. The van der Waals surface area contributed by atoms with Crippen molar-refractivity contribution in [2.75, 3.05) is 0 Å². The van der Waals surface area contributed by atoms with Gasteiger partial charge in [-0.25, -0.2) is 4.98 Å². The van der Waals surface area contributed by atoms with E-state index in [1.54, 1.807) is 19.9 Å². The number of ketones is 1. The van der Waals surface area contributed by atoms with E-state index in [0.717, 1.165) is 11.2 Å². The Balaban J connectivity index is 2.37. The number of hydrogen-bond donors (Lipinski definition) is 0. The van der Waals surface area contributed by atoms with Crippen LogP contribution in [0.4, 0.5) is 0 Å². The molecule has 0 aliphatic rings. The quantitative estimate of drug-likeness (QED) is 0.605. The number of carbonyl (C=O) groups excluding carboxylic acids is 2. The Morgan fingerprint density at radius 1 is 1.50 bits per heavy atom. The van der Waals surface area contributed by atoms with Crippen LogP contribution in [0, 0.1) is 13.8 Å². The number of hydrogen-bond acceptors (Lipinski definition) is 5. The van der Waals surface area contributed by atoms with Crippen molar-refractivity contribution in [3.8, 4) is 0 Å². The number of rotatable bonds is 3. The fraction of sp³-hybridized carbons (Fsp3) is 0.182. The van der Waals surface area contributed by atoms with Gasteiger partial charge in [0.2, 0.25) is 0 Å². The van der Waals surface area contributed by atoms with E-state index in [0.29, 0.717) is 16.2 Å². The minimum absolute atomic E-state index is 0.0659. The molecule has 0 saturated heterocycles. The predicted molar refractivity (Wildman–Crippen MR) is 59.1 cm³/mol. The Kier molecular flexibility index (Phi) is 2.70. The highest BCUT2D eigenvalue weighted by atomic mass is 32.1. The highest BCUT2D eigenvalue weighted by molar-refractivity contribution is 7.14. The lowest BCUT2D eigenvalue weighted by Crippen LogP contribution is -1.98. The van der Waals surface area contributed by atoms with Crippen LogP contribution in [0.1, 0.15) is 36.6 Å². The first-order valence-electron chi connectivity index (χ1n) is 4.64. The van der Waals surface area contributed by atoms with E-state index < -0.39 is 0 Å². The molecule has 0 amide bonds. The average molecular weight is 235 g/mol. The fourth-order valence-corrected chi connectivity index (χ4v) is 2.21. The maximum absolute atomic E-state index is 11.9. The minimum Gasteiger partial charge on any atom is -0.439 e. The van der Waals surface area contributed by atoms with Gasteiger partial charge in [-0.1, -0.05) is 0 Å². The van der Waals surface area contributed by atoms with E-state index in [1.165, 1.54) is 17.5 Å². The number of oxazole rings is 1. The number of aldehydes is 1. The van der Waals surface area contributed by atoms with Crippen LogP contribution >= 0.6 is 11.3 Å². The molecule has 82 valence electrons. The molecule has 16 heavy (non-hydrogen) atoms. The van der Waals surface area contributed by atoms with Gasteiger partial charge in [0.1, 0.15) is 5.76 Å². The lowest BCUT2D eigenvalue weighted by Gasteiger charge is -1.89. The zero-order valence-electron chi connectivity index (χ0n) is 8.81. The summed E-state index contributed by atoms with van der Waals surface area (Å²) in [5.41, 5.74) is 0.539. The van der Waals surface area contributed by atoms with Gasteiger partial charge < -0.3 is 4.42 Å². The van der Waals surface area contributed by atoms with Crippen LogP contribution in [0.25, 0.3) is 0 Å². The van der Waals surface area contributed by atoms with Gasteiger partial charge in [0, 0.05) is 10.4 Å². The van der Waals surface area contributed by atoms with Crippen LogP contribution in [0.5, 0.6) is 0 Å². The fourth-order valence-electron chi connectivity index (χ4n) is 1.29. The molecule has 0 aliphatic heterocycles. The lowest BCUT2D eigenvalue weighted by molar-refractivity contribution is 0.100. The maximum Gasteiger partial charge on any atom is 0.269 e. The van der Waals surface area contributed by atoms with Crippen molar-refractivity contribution in [3.63, 3.8) is 0 Å². The third-order valence-corrected chi connectivity index (χ3v) is 3.19. The number of carbonyl (C=O) groups is 2. The van der Waals surface area contributed by atoms with Gasteiger partial charge in [0.05, 0.1) is 11.1 Å². The minimum atomic E-state index is -0.283. The number of nitrogens with zero attached hydrogens (tertiary/aromatic N) is 1. The average Bonchev–Trinajstić information content (AvgIpc) is 2.83. The molecule has 0 saturated carbocycles. The molecule has 0 aromatic carbocycles. The van der Waals surface area contributed by atoms with Crippen molar-refractivity contribution < 1.29 is 14.0 Å². The van der Waals surface area contributed by atoms with Gasteiger partial charge in [-0.3, -0.25) is 9.59 Å². The summed E-state index contributed by atoms with van der Waals surface area (Å²) < 4.78 is 5.14. The second-order valence-electron chi connectivity index (χ2n) is 3.35. The normalized spacial score (nSPS) is 10.4. The summed E-state index contributed by atoms with van der Waals surface area (Å²) in [5, 5.41) is 0. The summed E-state index contributed by atoms with van der Waals surface area (Å²) >= 11 is 1.27. The van der Waals surface area contributed by atoms with Crippen molar-refractivity contribution in [3.05, 3.63) is 39.2 Å². The second-order valence-corrected chi connectivity index (χ2v) is 4.60. The smallest absolute Gasteiger partial charge is 0.269 e. The van der Waals surface area contributed by atoms with Crippen LogP contribution in [-0.2, 0) is 0 Å². The molecule has 5 heteroatoms. The highest BCUT2D eigenvalue weighted by Crippen LogP contribution is 2.22. The van der Waals surface area contributed by atoms with Gasteiger partial charge in [-0.15, -0.1) is 11.3 Å². The summed E-state index contributed by atoms with van der Waals surface area (Å²) in [6, 6.07) is 1.56. The second kappa shape index (κ2) is 4.02.